The van der Waals surface area contributed by atoms with Crippen LogP contribution >= 0.6 is 0 Å². The van der Waals surface area contributed by atoms with Crippen molar-refractivity contribution in [2.75, 3.05) is 46.0 Å². The molecule has 1 aromatic carbocycles. The Morgan fingerprint density at radius 2 is 1.76 bits per heavy atom. The number of carbonyl (C=O) groups is 1. The molecule has 0 unspecified atom stereocenters. The lowest BCUT2D eigenvalue weighted by atomic mass is 9.72. The summed E-state index contributed by atoms with van der Waals surface area (Å²) in [4.78, 5) is 20.0. The molecule has 4 aromatic rings. The van der Waals surface area contributed by atoms with Gasteiger partial charge in [-0.3, -0.25) is 9.69 Å². The third-order valence-corrected chi connectivity index (χ3v) is 13.3. The van der Waals surface area contributed by atoms with E-state index in [-0.39, 0.29) is 23.9 Å². The molecule has 6 heterocycles. The number of hydrogen-bond acceptors (Lipinski definition) is 10. The largest absolute Gasteiger partial charge is 0.481 e. The van der Waals surface area contributed by atoms with Gasteiger partial charge in [-0.25, -0.2) is 8.42 Å². The highest BCUT2D eigenvalue weighted by Crippen LogP contribution is 2.44. The van der Waals surface area contributed by atoms with Crippen LogP contribution in [0.15, 0.2) is 41.3 Å². The number of nitrogens with zero attached hydrogens (tertiary/aromatic N) is 6. The Balaban J connectivity index is 1.25. The Hall–Kier alpha value is -4.11. The molecule has 3 aromatic heterocycles. The fraction of sp³-hybridized carbons (Fsp3) is 0.550. The molecule has 14 heteroatoms. The smallest absolute Gasteiger partial charge is 0.310 e. The summed E-state index contributed by atoms with van der Waals surface area (Å²) < 4.78 is 51.4. The van der Waals surface area contributed by atoms with E-state index in [1.54, 1.807) is 19.9 Å². The predicted octanol–water partition coefficient (Wildman–Crippen LogP) is 5.53. The summed E-state index contributed by atoms with van der Waals surface area (Å²) in [6.45, 7) is 13.4. The third-order valence-electron chi connectivity index (χ3n) is 11.5. The molecule has 1 N–H and O–H groups in total. The molecule has 0 bridgehead atoms. The van der Waals surface area contributed by atoms with Crippen molar-refractivity contribution >= 4 is 27.0 Å². The van der Waals surface area contributed by atoms with Crippen molar-refractivity contribution in [1.82, 2.24) is 29.0 Å². The second-order valence-electron chi connectivity index (χ2n) is 15.9. The van der Waals surface area contributed by atoms with Crippen LogP contribution in [0.5, 0.6) is 11.8 Å². The van der Waals surface area contributed by atoms with E-state index in [0.29, 0.717) is 49.8 Å². The maximum absolute atomic E-state index is 14.7. The van der Waals surface area contributed by atoms with Crippen LogP contribution in [0.25, 0.3) is 11.0 Å². The lowest BCUT2D eigenvalue weighted by Crippen LogP contribution is -2.50. The van der Waals surface area contributed by atoms with E-state index in [2.05, 4.69) is 15.1 Å². The second-order valence-corrected chi connectivity index (χ2v) is 17.8. The van der Waals surface area contributed by atoms with Gasteiger partial charge in [-0.15, -0.1) is 5.10 Å². The van der Waals surface area contributed by atoms with Crippen LogP contribution in [0.4, 0.5) is 0 Å². The number of aliphatic carboxylic acids is 1. The number of aryl methyl sites for hydroxylation is 4. The van der Waals surface area contributed by atoms with Crippen molar-refractivity contribution in [3.8, 4) is 11.8 Å². The van der Waals surface area contributed by atoms with E-state index in [1.807, 2.05) is 62.7 Å². The normalized spacial score (nSPS) is 19.6. The van der Waals surface area contributed by atoms with Crippen LogP contribution in [-0.4, -0.2) is 100 Å². The maximum atomic E-state index is 14.7. The van der Waals surface area contributed by atoms with Crippen molar-refractivity contribution in [2.24, 2.45) is 12.5 Å². The molecule has 0 saturated carbocycles. The summed E-state index contributed by atoms with van der Waals surface area (Å²) in [6, 6.07) is 11.4. The van der Waals surface area contributed by atoms with Gasteiger partial charge in [-0.2, -0.15) is 14.4 Å². The van der Waals surface area contributed by atoms with Crippen molar-refractivity contribution < 1.29 is 32.5 Å². The number of carboxylic acids is 1. The van der Waals surface area contributed by atoms with E-state index < -0.39 is 32.9 Å². The Morgan fingerprint density at radius 1 is 1.02 bits per heavy atom. The Kier molecular flexibility index (Phi) is 10.5. The Bertz CT molecular complexity index is 2160. The maximum Gasteiger partial charge on any atom is 0.310 e. The highest BCUT2D eigenvalue weighted by Gasteiger charge is 2.46. The van der Waals surface area contributed by atoms with Crippen LogP contribution in [-0.2, 0) is 33.1 Å². The first-order valence-electron chi connectivity index (χ1n) is 18.9. The molecule has 3 aliphatic rings. The number of ether oxygens (including phenoxy) is 3. The van der Waals surface area contributed by atoms with Crippen LogP contribution in [0.2, 0.25) is 0 Å². The van der Waals surface area contributed by atoms with Crippen LogP contribution in [0, 0.1) is 26.2 Å². The number of rotatable bonds is 10. The van der Waals surface area contributed by atoms with Gasteiger partial charge >= 0.3 is 5.97 Å². The van der Waals surface area contributed by atoms with E-state index in [0.717, 1.165) is 53.1 Å². The van der Waals surface area contributed by atoms with E-state index in [1.165, 1.54) is 23.6 Å². The molecule has 7 rings (SSSR count). The molecule has 3 aliphatic heterocycles. The lowest BCUT2D eigenvalue weighted by Gasteiger charge is -2.38. The summed E-state index contributed by atoms with van der Waals surface area (Å²) in [7, 11) is -2.24. The number of fused-ring (bicyclic) bond motifs is 2. The minimum absolute atomic E-state index is 0.0114. The van der Waals surface area contributed by atoms with Crippen LogP contribution in [0.3, 0.4) is 0 Å². The first-order chi connectivity index (χ1) is 25.7. The lowest BCUT2D eigenvalue weighted by molar-refractivity contribution is -0.147. The first kappa shape index (κ1) is 38.2. The summed E-state index contributed by atoms with van der Waals surface area (Å²) in [5.74, 6) is -1.12. The van der Waals surface area contributed by atoms with Gasteiger partial charge in [0.2, 0.25) is 21.8 Å². The van der Waals surface area contributed by atoms with Gasteiger partial charge in [-0.1, -0.05) is 24.6 Å². The quantitative estimate of drug-likeness (QED) is 0.218. The molecule has 0 radical (unpaired) electrons. The van der Waals surface area contributed by atoms with Gasteiger partial charge in [0, 0.05) is 55.5 Å². The van der Waals surface area contributed by atoms with E-state index >= 15 is 0 Å². The monoisotopic (exact) mass is 760 g/mol. The van der Waals surface area contributed by atoms with Crippen molar-refractivity contribution in [3.05, 3.63) is 70.0 Å². The van der Waals surface area contributed by atoms with Gasteiger partial charge in [0.25, 0.3) is 0 Å². The topological polar surface area (TPSA) is 149 Å². The number of piperidine rings is 1. The molecule has 13 nitrogen and oxygen atoms in total. The molecule has 2 fully saturated rings. The number of likely N-dealkylation sites (tertiary alicyclic amines) is 1. The molecule has 54 heavy (non-hydrogen) atoms. The zero-order chi connectivity index (χ0) is 38.4. The molecule has 1 spiro atoms. The van der Waals surface area contributed by atoms with Gasteiger partial charge in [0.15, 0.2) is 5.65 Å². The predicted molar refractivity (Wildman–Crippen MR) is 203 cm³/mol. The second kappa shape index (κ2) is 14.9. The molecule has 0 amide bonds. The van der Waals surface area contributed by atoms with E-state index in [4.69, 9.17) is 19.2 Å². The van der Waals surface area contributed by atoms with Crippen molar-refractivity contribution in [1.29, 1.82) is 0 Å². The fourth-order valence-corrected chi connectivity index (χ4v) is 9.80. The minimum atomic E-state index is -4.11. The van der Waals surface area contributed by atoms with Gasteiger partial charge in [0.1, 0.15) is 17.1 Å². The van der Waals surface area contributed by atoms with E-state index in [9.17, 15) is 18.3 Å². The van der Waals surface area contributed by atoms with Crippen LogP contribution < -0.4 is 9.47 Å². The SMILES string of the molecule is Cc1cc2cc([C@H](c3ccc(C)c(CN4CC5(CCOCC5)Oc5nc(OCCN6CCCCC6)c(C)cc5S4(=O)=O)c3)C(C)(C)C(=O)O)n(C)c2nn1. The third kappa shape index (κ3) is 7.33. The molecule has 2 saturated heterocycles. The highest BCUT2D eigenvalue weighted by atomic mass is 32.2. The summed E-state index contributed by atoms with van der Waals surface area (Å²) in [6.07, 6.45) is 4.63. The Morgan fingerprint density at radius 3 is 2.48 bits per heavy atom. The number of benzene rings is 1. The molecule has 1 atom stereocenters. The average molecular weight is 761 g/mol. The standard InChI is InChI=1S/C40H52N6O7S/c1-26-10-11-29(34(39(4,5)38(47)48)32-23-30-21-28(3)42-43-35(30)44(32)6)22-31(26)24-46-25-40(12-17-51-18-13-40)53-37-33(54(46,49)50)20-27(2)36(41-37)52-19-16-45-14-8-7-9-15-45/h10-11,20-23,34H,7-9,12-19,24-25H2,1-6H3,(H,47,48)/t34-/m0/s1. The van der Waals surface area contributed by atoms with Crippen LogP contribution in [0.1, 0.15) is 85.5 Å². The first-order valence-corrected chi connectivity index (χ1v) is 20.4. The highest BCUT2D eigenvalue weighted by molar-refractivity contribution is 7.89. The molecular formula is C40H52N6O7S. The summed E-state index contributed by atoms with van der Waals surface area (Å²) in [5.41, 5.74) is 3.13. The number of pyridine rings is 1. The van der Waals surface area contributed by atoms with Gasteiger partial charge in [-0.05, 0) is 95.4 Å². The van der Waals surface area contributed by atoms with Gasteiger partial charge < -0.3 is 23.9 Å². The van der Waals surface area contributed by atoms with Crippen molar-refractivity contribution in [3.63, 3.8) is 0 Å². The zero-order valence-corrected chi connectivity index (χ0v) is 33.0. The molecule has 0 aliphatic carbocycles. The molecule has 290 valence electrons. The van der Waals surface area contributed by atoms with Crippen molar-refractivity contribution in [2.45, 2.75) is 89.7 Å². The number of sulfonamides is 1. The number of carboxylic acid groups (broad SMARTS) is 1. The minimum Gasteiger partial charge on any atom is -0.481 e. The zero-order valence-electron chi connectivity index (χ0n) is 32.2. The fourth-order valence-electron chi connectivity index (χ4n) is 8.18. The summed E-state index contributed by atoms with van der Waals surface area (Å²) in [5, 5.41) is 20.1. The Labute approximate surface area is 317 Å². The van der Waals surface area contributed by atoms with Gasteiger partial charge in [0.05, 0.1) is 30.9 Å². The number of hydrogen-bond donors (Lipinski definition) is 1. The molecular weight excluding hydrogens is 709 g/mol. The average Bonchev–Trinajstić information content (AvgIpc) is 3.41. The number of aromatic nitrogens is 4. The summed E-state index contributed by atoms with van der Waals surface area (Å²) >= 11 is 0.